The van der Waals surface area contributed by atoms with Crippen molar-refractivity contribution < 1.29 is 77.0 Å². The quantitative estimate of drug-likeness (QED) is 0.0441. The van der Waals surface area contributed by atoms with Crippen LogP contribution >= 0.6 is 155 Å². The Morgan fingerprint density at radius 2 is 0.897 bits per heavy atom. The molecule has 14 rings (SSSR count). The summed E-state index contributed by atoms with van der Waals surface area (Å²) in [6, 6.07) is 38.5. The molecule has 10 aromatic rings. The van der Waals surface area contributed by atoms with Gasteiger partial charge in [-0.05, 0) is 312 Å². The van der Waals surface area contributed by atoms with Crippen LogP contribution in [0.3, 0.4) is 0 Å². The van der Waals surface area contributed by atoms with Gasteiger partial charge in [0.05, 0.1) is 35.6 Å². The number of aromatic nitrogens is 2. The highest BCUT2D eigenvalue weighted by Gasteiger charge is 2.52. The van der Waals surface area contributed by atoms with E-state index in [1.807, 2.05) is 145 Å². The molecule has 4 saturated heterocycles. The van der Waals surface area contributed by atoms with Crippen LogP contribution in [0, 0.1) is 0 Å². The number of amides is 5. The Bertz CT molecular complexity index is 5670. The fourth-order valence-corrected chi connectivity index (χ4v) is 20.5. The summed E-state index contributed by atoms with van der Waals surface area (Å²) in [5.74, 6) is -1.14. The third-order valence-electron chi connectivity index (χ3n) is 20.7. The number of carbonyl (C=O) groups is 6. The minimum atomic E-state index is -1.48. The van der Waals surface area contributed by atoms with Crippen LogP contribution < -0.4 is 32.2 Å². The van der Waals surface area contributed by atoms with E-state index in [2.05, 4.69) is 188 Å². The van der Waals surface area contributed by atoms with E-state index in [0.29, 0.717) is 62.9 Å². The number of nitrogens with zero attached hydrogens (tertiary/aromatic N) is 4. The average Bonchev–Trinajstić information content (AvgIpc) is 1.62. The number of pyridine rings is 2. The number of carbonyl (C=O) groups excluding carboxylic acids is 7. The van der Waals surface area contributed by atoms with Crippen LogP contribution in [0.4, 0.5) is 14.4 Å². The number of carboxylic acid groups (broad SMARTS) is 1. The summed E-state index contributed by atoms with van der Waals surface area (Å²) in [6.45, 7) is 41.9. The Balaban J connectivity index is 0.000000228. The Morgan fingerprint density at radius 1 is 0.500 bits per heavy atom. The van der Waals surface area contributed by atoms with Crippen molar-refractivity contribution in [2.75, 3.05) is 39.3 Å². The van der Waals surface area contributed by atoms with Crippen LogP contribution in [0.5, 0.6) is 0 Å². The maximum Gasteiger partial charge on any atom is 0.494 e. The van der Waals surface area contributed by atoms with Crippen LogP contribution in [0.1, 0.15) is 213 Å². The topological polar surface area (TPSA) is 324 Å². The number of benzene rings is 4. The first-order valence-corrected chi connectivity index (χ1v) is 51.9. The zero-order valence-corrected chi connectivity index (χ0v) is 92.2. The predicted octanol–water partition coefficient (Wildman–Crippen LogP) is 24.7. The van der Waals surface area contributed by atoms with E-state index in [1.54, 1.807) is 104 Å². The van der Waals surface area contributed by atoms with Crippen molar-refractivity contribution in [1.29, 1.82) is 0 Å². The number of thiophene rings is 4. The number of hydrogen-bond donors (Lipinski definition) is 7. The van der Waals surface area contributed by atoms with Gasteiger partial charge >= 0.3 is 44.6 Å². The molecule has 0 saturated carbocycles. The smallest absolute Gasteiger partial charge is 0.478 e. The van der Waals surface area contributed by atoms with E-state index in [-0.39, 0.29) is 76.9 Å². The highest BCUT2D eigenvalue weighted by Crippen LogP contribution is 2.42. The molecule has 0 aliphatic carbocycles. The number of rotatable bonds is 12. The molecule has 24 nitrogen and oxygen atoms in total. The number of piperidine rings is 3. The molecule has 136 heavy (non-hydrogen) atoms. The molecular weight excluding hydrogens is 2160 g/mol. The van der Waals surface area contributed by atoms with E-state index in [4.69, 9.17) is 94.7 Å². The van der Waals surface area contributed by atoms with Gasteiger partial charge in [-0.2, -0.15) is 9.59 Å². The lowest BCUT2D eigenvalue weighted by Gasteiger charge is -2.33. The first kappa shape index (κ1) is 116. The number of nitrogens with one attached hydrogen (secondary N) is 4. The Hall–Kier alpha value is -7.41. The SMILES string of the molecule is Brc1csc(Br)c1.CC(C)(C)OC(=O)NC1CCCN(C(=O)c2ccc(-c3cc(-c4ccnc(C(C)(C)C)c4)cs3)c(Cl)c2)C1.CC(C)(C)OC(=O)NC1CCCN(C(=O)c2ccc(-c3cc(Br)cs3)c(Cl)c2)C1.CC(C)(C)OC(=O)NC1CCCNC1.CC(C)(C)c1cc(B2OC(C)(C)C(C)(C)O2)ccn1.O=C(O)c1ccc(-c2cc(Br)cs2)c(Cl)c1.O=C=O.OB(O)c1ccccc1Cl. The minimum absolute atomic E-state index is 0.0271. The fourth-order valence-electron chi connectivity index (χ4n) is 13.4. The first-order valence-electron chi connectivity index (χ1n) is 43.7. The van der Waals surface area contributed by atoms with Gasteiger partial charge in [-0.3, -0.25) is 19.6 Å². The number of ether oxygens (including phenoxy) is 3. The van der Waals surface area contributed by atoms with Gasteiger partial charge in [0.15, 0.2) is 0 Å². The monoisotopic (exact) mass is 2270 g/mol. The van der Waals surface area contributed by atoms with Crippen molar-refractivity contribution >= 4 is 223 Å². The number of likely N-dealkylation sites (tertiary alicyclic amines) is 2. The largest absolute Gasteiger partial charge is 0.494 e. The van der Waals surface area contributed by atoms with Gasteiger partial charge in [0.25, 0.3) is 11.8 Å². The highest BCUT2D eigenvalue weighted by molar-refractivity contribution is 9.11. The molecule has 4 aliphatic heterocycles. The van der Waals surface area contributed by atoms with Gasteiger partial charge < -0.3 is 69.7 Å². The molecule has 4 aliphatic rings. The van der Waals surface area contributed by atoms with Gasteiger partial charge in [-0.1, -0.05) is 124 Å². The van der Waals surface area contributed by atoms with Crippen molar-refractivity contribution in [2.45, 2.75) is 227 Å². The second kappa shape index (κ2) is 52.4. The molecular formula is C98H118B2Br4Cl4N8O16S4. The highest BCUT2D eigenvalue weighted by atomic mass is 79.9. The molecule has 4 aromatic carbocycles. The summed E-state index contributed by atoms with van der Waals surface area (Å²) in [7, 11) is -1.79. The number of hydrogen-bond acceptors (Lipinski definition) is 22. The average molecular weight is 2280 g/mol. The zero-order valence-electron chi connectivity index (χ0n) is 79.6. The lowest BCUT2D eigenvalue weighted by Crippen LogP contribution is -2.50. The van der Waals surface area contributed by atoms with Crippen LogP contribution in [0.15, 0.2) is 179 Å². The molecule has 3 unspecified atom stereocenters. The lowest BCUT2D eigenvalue weighted by atomic mass is 9.77. The predicted molar refractivity (Wildman–Crippen MR) is 565 cm³/mol. The van der Waals surface area contributed by atoms with Gasteiger partial charge in [0.2, 0.25) is 0 Å². The summed E-state index contributed by atoms with van der Waals surface area (Å²) in [4.78, 5) is 104. The number of halogens is 8. The van der Waals surface area contributed by atoms with Gasteiger partial charge in [-0.15, -0.1) is 45.3 Å². The van der Waals surface area contributed by atoms with Crippen LogP contribution in [0.25, 0.3) is 42.4 Å². The molecule has 7 N–H and O–H groups in total. The molecule has 0 spiro atoms. The Morgan fingerprint density at radius 3 is 1.26 bits per heavy atom. The van der Waals surface area contributed by atoms with Crippen molar-refractivity contribution in [3.63, 3.8) is 0 Å². The zero-order chi connectivity index (χ0) is 101. The summed E-state index contributed by atoms with van der Waals surface area (Å²) < 4.78 is 32.3. The van der Waals surface area contributed by atoms with Crippen LogP contribution in [-0.4, -0.2) is 177 Å². The third kappa shape index (κ3) is 38.2. The second-order valence-corrected chi connectivity index (χ2v) is 47.4. The van der Waals surface area contributed by atoms with Gasteiger partial charge in [0, 0.05) is 168 Å². The summed E-state index contributed by atoms with van der Waals surface area (Å²) >= 11 is 44.7. The number of alkyl carbamates (subject to hydrolysis) is 3. The molecule has 732 valence electrons. The van der Waals surface area contributed by atoms with Gasteiger partial charge in [0.1, 0.15) is 16.8 Å². The molecule has 0 bridgehead atoms. The summed E-state index contributed by atoms with van der Waals surface area (Å²) in [5, 5.41) is 48.0. The van der Waals surface area contributed by atoms with Crippen molar-refractivity contribution in [1.82, 2.24) is 41.0 Å². The molecule has 10 heterocycles. The fraction of sp³-hybridized carbons (Fsp3) is 0.418. The van der Waals surface area contributed by atoms with Crippen LogP contribution in [-0.2, 0) is 43.9 Å². The summed E-state index contributed by atoms with van der Waals surface area (Å²) in [6.07, 6.45) is 8.11. The maximum absolute atomic E-state index is 13.3. The number of carboxylic acids is 1. The van der Waals surface area contributed by atoms with E-state index >= 15 is 0 Å². The minimum Gasteiger partial charge on any atom is -0.478 e. The van der Waals surface area contributed by atoms with Crippen LogP contribution in [0.2, 0.25) is 20.1 Å². The molecule has 0 radical (unpaired) electrons. The van der Waals surface area contributed by atoms with Crippen molar-refractivity contribution in [3.05, 3.63) is 227 Å². The van der Waals surface area contributed by atoms with E-state index in [0.717, 1.165) is 124 Å². The molecule has 3 atom stereocenters. The van der Waals surface area contributed by atoms with E-state index < -0.39 is 42.1 Å². The first-order chi connectivity index (χ1) is 63.4. The normalized spacial score (nSPS) is 16.1. The van der Waals surface area contributed by atoms with Crippen molar-refractivity contribution in [3.8, 4) is 42.4 Å². The second-order valence-electron chi connectivity index (χ2n) is 38.0. The maximum atomic E-state index is 13.3. The Kier molecular flexibility index (Phi) is 44.5. The van der Waals surface area contributed by atoms with Gasteiger partial charge in [-0.25, -0.2) is 19.2 Å². The van der Waals surface area contributed by atoms with E-state index in [9.17, 15) is 28.8 Å². The van der Waals surface area contributed by atoms with E-state index in [1.165, 1.54) is 9.85 Å². The molecule has 4 fully saturated rings. The lowest BCUT2D eigenvalue weighted by molar-refractivity contribution is -0.191. The standard InChI is InChI=1S/C30H36ClN3O3S.C21H24BrClN2O3S.C15H24BNO2.C11H6BrClO2S.C10H20N2O2.C6H6BClO2.C4H2Br2S.CO2/c1-29(2,3)26-16-19(11-12-32-26)21-15-25(38-18-21)23-10-9-20(14-24(23)31)27(35)34-13-7-8-22(17-34)33-28(36)37-30(4,5)6;1-21(2,3)28-20(27)24-15-5-4-8-25(11-15)19(26)13-6-7-16(17(23)9-13)18-10-14(22)12-29-18;1-13(2,3)12-10-11(8-9-17-12)16-18-14(4,5)15(6,7)19-16;12-7-4-10(16-5-7)8-2-1-6(11(14)15)3-9(8)13;1-10(2,3)14-9(13)12-8-5-4-6-11-7-8;8-6-4-2-1-3-5(6)7(9)10;5-3-1-4(6)7-2-3;2-1-3/h9-12,14-16,18,22H,7-8,13,17H2,1-6H3,(H,33,36);6-7,9-10,12,15H,4-5,8,11H2,1-3H3,(H,24,27);8-10H,1-7H3;1-5H,(H,14,15);8,11H,4-7H2,1-3H3,(H,12,13);1-4,9-10H;1-2H;. The molecule has 5 amide bonds. The Labute approximate surface area is 868 Å². The number of aromatic carboxylic acids is 1. The molecule has 6 aromatic heterocycles. The molecule has 38 heteroatoms. The van der Waals surface area contributed by atoms with Crippen molar-refractivity contribution in [2.24, 2.45) is 0 Å². The summed E-state index contributed by atoms with van der Waals surface area (Å²) in [5.41, 5.74) is 7.52. The third-order valence-corrected chi connectivity index (χ3v) is 28.7.